The molecule has 2 bridgehead atoms. The Hall–Kier alpha value is -2.17. The van der Waals surface area contributed by atoms with Gasteiger partial charge in [0, 0.05) is 30.6 Å². The van der Waals surface area contributed by atoms with Crippen LogP contribution in [-0.2, 0) is 4.79 Å². The van der Waals surface area contributed by atoms with Gasteiger partial charge in [0.1, 0.15) is 5.75 Å². The Balaban J connectivity index is 2.04. The maximum atomic E-state index is 12.5. The molecule has 3 fully saturated rings. The first-order valence-corrected chi connectivity index (χ1v) is 7.48. The van der Waals surface area contributed by atoms with Gasteiger partial charge in [0.2, 0.25) is 0 Å². The van der Waals surface area contributed by atoms with Gasteiger partial charge >= 0.3 is 0 Å². The highest BCUT2D eigenvalue weighted by Gasteiger charge is 2.36. The number of rotatable bonds is 4. The first kappa shape index (κ1) is 14.8. The van der Waals surface area contributed by atoms with Crippen molar-refractivity contribution in [2.24, 2.45) is 5.92 Å². The number of Topliss-reactive ketones (excluding diaryl/α,β-unsaturated/α-hetero) is 1. The number of carbonyl (C=O) groups excluding carboxylic acids is 1. The van der Waals surface area contributed by atoms with Crippen molar-refractivity contribution in [3.05, 3.63) is 23.4 Å². The summed E-state index contributed by atoms with van der Waals surface area (Å²) in [4.78, 5) is 14.6. The van der Waals surface area contributed by atoms with Crippen molar-refractivity contribution in [1.82, 2.24) is 4.90 Å². The summed E-state index contributed by atoms with van der Waals surface area (Å²) in [6.45, 7) is 1.91. The molecule has 0 aromatic heterocycles. The predicted molar refractivity (Wildman–Crippen MR) is 83.4 cm³/mol. The zero-order valence-corrected chi connectivity index (χ0v) is 13.2. The van der Waals surface area contributed by atoms with E-state index in [0.717, 1.165) is 37.2 Å². The Bertz CT molecular complexity index is 615. The van der Waals surface area contributed by atoms with Crippen molar-refractivity contribution in [1.29, 1.82) is 0 Å². The monoisotopic (exact) mass is 303 g/mol. The van der Waals surface area contributed by atoms with Gasteiger partial charge in [0.25, 0.3) is 0 Å². The van der Waals surface area contributed by atoms with Crippen molar-refractivity contribution < 1.29 is 19.0 Å². The second-order valence-electron chi connectivity index (χ2n) is 5.60. The average Bonchev–Trinajstić information content (AvgIpc) is 2.57. The van der Waals surface area contributed by atoms with Crippen LogP contribution in [0.15, 0.2) is 17.8 Å². The van der Waals surface area contributed by atoms with Crippen LogP contribution in [0.5, 0.6) is 17.2 Å². The van der Waals surface area contributed by atoms with Crippen molar-refractivity contribution in [2.45, 2.75) is 12.8 Å². The molecule has 0 amide bonds. The third-order valence-corrected chi connectivity index (χ3v) is 4.49. The number of ketones is 1. The van der Waals surface area contributed by atoms with E-state index < -0.39 is 0 Å². The van der Waals surface area contributed by atoms with E-state index >= 15 is 0 Å². The van der Waals surface area contributed by atoms with Crippen LogP contribution in [0.1, 0.15) is 18.4 Å². The smallest absolute Gasteiger partial charge is 0.182 e. The molecule has 0 spiro atoms. The van der Waals surface area contributed by atoms with Crippen molar-refractivity contribution in [2.75, 3.05) is 34.4 Å². The molecule has 3 aliphatic heterocycles. The summed E-state index contributed by atoms with van der Waals surface area (Å²) < 4.78 is 16.1. The lowest BCUT2D eigenvalue weighted by Crippen LogP contribution is -2.45. The van der Waals surface area contributed by atoms with Gasteiger partial charge in [-0.1, -0.05) is 0 Å². The zero-order valence-electron chi connectivity index (χ0n) is 13.2. The van der Waals surface area contributed by atoms with E-state index in [0.29, 0.717) is 17.2 Å². The Labute approximate surface area is 130 Å². The molecule has 0 atom stereocenters. The fourth-order valence-electron chi connectivity index (χ4n) is 3.22. The van der Waals surface area contributed by atoms with E-state index in [4.69, 9.17) is 14.2 Å². The predicted octanol–water partition coefficient (Wildman–Crippen LogP) is 2.35. The summed E-state index contributed by atoms with van der Waals surface area (Å²) in [5.41, 5.74) is 1.61. The molecule has 0 aliphatic carbocycles. The molecule has 0 N–H and O–H groups in total. The SMILES string of the molecule is COc1cc(OC)c(OC)cc1/C=C1\C(=O)C2CCN1CC2. The van der Waals surface area contributed by atoms with Gasteiger partial charge in [0.15, 0.2) is 17.3 Å². The van der Waals surface area contributed by atoms with Gasteiger partial charge in [0.05, 0.1) is 27.0 Å². The molecule has 3 saturated heterocycles. The van der Waals surface area contributed by atoms with Crippen LogP contribution >= 0.6 is 0 Å². The molecule has 118 valence electrons. The summed E-state index contributed by atoms with van der Waals surface area (Å²) >= 11 is 0. The van der Waals surface area contributed by atoms with E-state index in [9.17, 15) is 4.79 Å². The maximum Gasteiger partial charge on any atom is 0.182 e. The molecule has 3 aliphatic rings. The van der Waals surface area contributed by atoms with Gasteiger partial charge in [-0.25, -0.2) is 0 Å². The lowest BCUT2D eigenvalue weighted by molar-refractivity contribution is -0.125. The number of benzene rings is 1. The quantitative estimate of drug-likeness (QED) is 0.799. The molecule has 0 unspecified atom stereocenters. The van der Waals surface area contributed by atoms with E-state index in [2.05, 4.69) is 4.90 Å². The number of allylic oxidation sites excluding steroid dienone is 1. The molecule has 1 aromatic rings. The van der Waals surface area contributed by atoms with Gasteiger partial charge < -0.3 is 19.1 Å². The number of hydrogen-bond acceptors (Lipinski definition) is 5. The molecular weight excluding hydrogens is 282 g/mol. The van der Waals surface area contributed by atoms with E-state index in [-0.39, 0.29) is 11.7 Å². The number of hydrogen-bond donors (Lipinski definition) is 0. The number of methoxy groups -OCH3 is 3. The maximum absolute atomic E-state index is 12.5. The Morgan fingerprint density at radius 3 is 2.14 bits per heavy atom. The Morgan fingerprint density at radius 2 is 1.59 bits per heavy atom. The Morgan fingerprint density at radius 1 is 1.00 bits per heavy atom. The molecule has 0 radical (unpaired) electrons. The summed E-state index contributed by atoms with van der Waals surface area (Å²) in [6, 6.07) is 3.63. The minimum atomic E-state index is 0.183. The minimum absolute atomic E-state index is 0.183. The van der Waals surface area contributed by atoms with Crippen LogP contribution in [0.4, 0.5) is 0 Å². The number of carbonyl (C=O) groups is 1. The lowest BCUT2D eigenvalue weighted by Gasteiger charge is -2.41. The zero-order chi connectivity index (χ0) is 15.7. The van der Waals surface area contributed by atoms with E-state index in [1.54, 1.807) is 27.4 Å². The third kappa shape index (κ3) is 2.40. The number of piperidine rings is 3. The van der Waals surface area contributed by atoms with E-state index in [1.165, 1.54) is 0 Å². The summed E-state index contributed by atoms with van der Waals surface area (Å²) in [7, 11) is 4.79. The summed E-state index contributed by atoms with van der Waals surface area (Å²) in [5.74, 6) is 2.33. The first-order valence-electron chi connectivity index (χ1n) is 7.48. The lowest BCUT2D eigenvalue weighted by atomic mass is 9.84. The fraction of sp³-hybridized carbons (Fsp3) is 0.471. The molecule has 4 rings (SSSR count). The van der Waals surface area contributed by atoms with Gasteiger partial charge in [-0.15, -0.1) is 0 Å². The summed E-state index contributed by atoms with van der Waals surface area (Å²) in [5, 5.41) is 0. The third-order valence-electron chi connectivity index (χ3n) is 4.49. The molecule has 3 heterocycles. The topological polar surface area (TPSA) is 48.0 Å². The fourth-order valence-corrected chi connectivity index (χ4v) is 3.22. The second kappa shape index (κ2) is 5.91. The van der Waals surface area contributed by atoms with Crippen molar-refractivity contribution >= 4 is 11.9 Å². The highest BCUT2D eigenvalue weighted by Crippen LogP contribution is 2.38. The van der Waals surface area contributed by atoms with Gasteiger partial charge in [-0.2, -0.15) is 0 Å². The highest BCUT2D eigenvalue weighted by molar-refractivity contribution is 6.02. The van der Waals surface area contributed by atoms with Crippen LogP contribution in [0.3, 0.4) is 0 Å². The first-order chi connectivity index (χ1) is 10.7. The summed E-state index contributed by atoms with van der Waals surface area (Å²) in [6.07, 6.45) is 3.85. The van der Waals surface area contributed by atoms with Crippen LogP contribution in [0.25, 0.3) is 6.08 Å². The largest absolute Gasteiger partial charge is 0.496 e. The average molecular weight is 303 g/mol. The van der Waals surface area contributed by atoms with Crippen molar-refractivity contribution in [3.8, 4) is 17.2 Å². The normalized spacial score (nSPS) is 19.7. The molecule has 0 saturated carbocycles. The highest BCUT2D eigenvalue weighted by atomic mass is 16.5. The minimum Gasteiger partial charge on any atom is -0.496 e. The van der Waals surface area contributed by atoms with Crippen LogP contribution in [-0.4, -0.2) is 45.1 Å². The number of fused-ring (bicyclic) bond motifs is 3. The van der Waals surface area contributed by atoms with Crippen LogP contribution in [0.2, 0.25) is 0 Å². The van der Waals surface area contributed by atoms with E-state index in [1.807, 2.05) is 12.1 Å². The van der Waals surface area contributed by atoms with Crippen LogP contribution < -0.4 is 14.2 Å². The molecule has 1 aromatic carbocycles. The van der Waals surface area contributed by atoms with Gasteiger partial charge in [-0.3, -0.25) is 4.79 Å². The molecular formula is C17H21NO4. The molecule has 5 heteroatoms. The number of ether oxygens (including phenoxy) is 3. The van der Waals surface area contributed by atoms with Gasteiger partial charge in [-0.05, 0) is 25.0 Å². The molecule has 5 nitrogen and oxygen atoms in total. The number of nitrogens with zero attached hydrogens (tertiary/aromatic N) is 1. The standard InChI is InChI=1S/C17H21NO4/c1-20-14-10-16(22-3)15(21-2)9-12(14)8-13-17(19)11-4-6-18(13)7-5-11/h8-11H,4-7H2,1-3H3/b13-8+. The second-order valence-corrected chi connectivity index (χ2v) is 5.60. The van der Waals surface area contributed by atoms with Crippen molar-refractivity contribution in [3.63, 3.8) is 0 Å². The Kier molecular flexibility index (Phi) is 3.96. The molecule has 22 heavy (non-hydrogen) atoms. The van der Waals surface area contributed by atoms with Crippen LogP contribution in [0, 0.1) is 5.92 Å².